The molecule has 1 atom stereocenters. The van der Waals surface area contributed by atoms with Crippen molar-refractivity contribution in [2.75, 3.05) is 53.0 Å². The van der Waals surface area contributed by atoms with E-state index in [1.165, 1.54) is 38.2 Å². The fourth-order valence-electron chi connectivity index (χ4n) is 3.65. The van der Waals surface area contributed by atoms with Crippen LogP contribution in [0, 0.1) is 0 Å². The Hall–Kier alpha value is -1.01. The first-order valence-electron chi connectivity index (χ1n) is 8.77. The molecule has 2 saturated heterocycles. The van der Waals surface area contributed by atoms with Crippen LogP contribution in [-0.2, 0) is 6.54 Å². The first-order valence-corrected chi connectivity index (χ1v) is 8.77. The van der Waals surface area contributed by atoms with E-state index in [4.69, 9.17) is 9.47 Å². The van der Waals surface area contributed by atoms with Crippen LogP contribution >= 0.6 is 12.4 Å². The highest BCUT2D eigenvalue weighted by Crippen LogP contribution is 2.29. The summed E-state index contributed by atoms with van der Waals surface area (Å²) in [6.07, 6.45) is 1.29. The van der Waals surface area contributed by atoms with Crippen LogP contribution in [0.2, 0.25) is 0 Å². The van der Waals surface area contributed by atoms with Crippen molar-refractivity contribution in [3.8, 4) is 11.5 Å². The second kappa shape index (κ2) is 9.47. The van der Waals surface area contributed by atoms with Gasteiger partial charge in [0.05, 0.1) is 13.7 Å². The molecule has 1 aromatic rings. The second-order valence-corrected chi connectivity index (χ2v) is 6.38. The molecule has 0 bridgehead atoms. The van der Waals surface area contributed by atoms with Crippen molar-refractivity contribution in [3.05, 3.63) is 23.8 Å². The van der Waals surface area contributed by atoms with Crippen LogP contribution in [0.3, 0.4) is 0 Å². The lowest BCUT2D eigenvalue weighted by Crippen LogP contribution is -2.49. The number of benzene rings is 1. The molecule has 2 aliphatic rings. The number of likely N-dealkylation sites (tertiary alicyclic amines) is 1. The molecule has 2 fully saturated rings. The number of halogens is 1. The van der Waals surface area contributed by atoms with Crippen LogP contribution < -0.4 is 14.8 Å². The average Bonchev–Trinajstić information content (AvgIpc) is 3.05. The van der Waals surface area contributed by atoms with Crippen molar-refractivity contribution in [1.29, 1.82) is 0 Å². The van der Waals surface area contributed by atoms with Crippen LogP contribution in [0.4, 0.5) is 0 Å². The summed E-state index contributed by atoms with van der Waals surface area (Å²) in [4.78, 5) is 5.21. The maximum Gasteiger partial charge on any atom is 0.161 e. The Morgan fingerprint density at radius 1 is 1.17 bits per heavy atom. The largest absolute Gasteiger partial charge is 0.493 e. The third-order valence-electron chi connectivity index (χ3n) is 4.85. The molecule has 0 aliphatic carbocycles. The van der Waals surface area contributed by atoms with Crippen molar-refractivity contribution in [1.82, 2.24) is 15.1 Å². The maximum atomic E-state index is 5.69. The lowest BCUT2D eigenvalue weighted by molar-refractivity contribution is 0.170. The Morgan fingerprint density at radius 2 is 1.96 bits per heavy atom. The molecule has 2 heterocycles. The first-order chi connectivity index (χ1) is 11.3. The summed E-state index contributed by atoms with van der Waals surface area (Å²) in [5.41, 5.74) is 1.30. The third kappa shape index (κ3) is 4.76. The molecule has 136 valence electrons. The van der Waals surface area contributed by atoms with Gasteiger partial charge in [-0.15, -0.1) is 12.4 Å². The Balaban J connectivity index is 0.00000208. The SMILES string of the molecule is CCOc1cc(CN2CCC(N3CCNCC3)C2)ccc1OC.Cl. The van der Waals surface area contributed by atoms with Gasteiger partial charge in [-0.2, -0.15) is 0 Å². The van der Waals surface area contributed by atoms with E-state index in [-0.39, 0.29) is 12.4 Å². The lowest BCUT2D eigenvalue weighted by Gasteiger charge is -2.32. The van der Waals surface area contributed by atoms with E-state index < -0.39 is 0 Å². The zero-order valence-corrected chi connectivity index (χ0v) is 15.6. The summed E-state index contributed by atoms with van der Waals surface area (Å²) < 4.78 is 11.1. The molecule has 1 N–H and O–H groups in total. The van der Waals surface area contributed by atoms with E-state index in [0.29, 0.717) is 6.61 Å². The molecule has 2 aliphatic heterocycles. The van der Waals surface area contributed by atoms with Crippen LogP contribution in [0.5, 0.6) is 11.5 Å². The molecule has 0 amide bonds. The van der Waals surface area contributed by atoms with Crippen LogP contribution in [0.1, 0.15) is 18.9 Å². The highest BCUT2D eigenvalue weighted by molar-refractivity contribution is 5.85. The van der Waals surface area contributed by atoms with Gasteiger partial charge in [0.2, 0.25) is 0 Å². The Bertz CT molecular complexity index is 509. The first kappa shape index (κ1) is 19.3. The summed E-state index contributed by atoms with van der Waals surface area (Å²) in [6, 6.07) is 7.02. The van der Waals surface area contributed by atoms with Gasteiger partial charge in [0, 0.05) is 51.9 Å². The number of rotatable bonds is 6. The van der Waals surface area contributed by atoms with E-state index in [1.54, 1.807) is 7.11 Å². The van der Waals surface area contributed by atoms with Gasteiger partial charge < -0.3 is 14.8 Å². The van der Waals surface area contributed by atoms with E-state index in [0.717, 1.165) is 37.2 Å². The van der Waals surface area contributed by atoms with Crippen molar-refractivity contribution >= 4 is 12.4 Å². The molecule has 3 rings (SSSR count). The van der Waals surface area contributed by atoms with Crippen LogP contribution in [-0.4, -0.2) is 68.8 Å². The second-order valence-electron chi connectivity index (χ2n) is 6.38. The van der Waals surface area contributed by atoms with Crippen LogP contribution in [0.25, 0.3) is 0 Å². The molecule has 0 aromatic heterocycles. The number of nitrogens with zero attached hydrogens (tertiary/aromatic N) is 2. The average molecular weight is 356 g/mol. The summed E-state index contributed by atoms with van der Waals surface area (Å²) >= 11 is 0. The summed E-state index contributed by atoms with van der Waals surface area (Å²) in [5, 5.41) is 3.44. The molecular weight excluding hydrogens is 326 g/mol. The molecule has 0 saturated carbocycles. The van der Waals surface area contributed by atoms with Crippen LogP contribution in [0.15, 0.2) is 18.2 Å². The third-order valence-corrected chi connectivity index (χ3v) is 4.85. The van der Waals surface area contributed by atoms with Crippen molar-refractivity contribution < 1.29 is 9.47 Å². The minimum Gasteiger partial charge on any atom is -0.493 e. The summed E-state index contributed by atoms with van der Waals surface area (Å²) in [7, 11) is 1.69. The number of ether oxygens (including phenoxy) is 2. The predicted molar refractivity (Wildman–Crippen MR) is 99.5 cm³/mol. The van der Waals surface area contributed by atoms with Gasteiger partial charge in [-0.1, -0.05) is 6.07 Å². The number of hydrogen-bond acceptors (Lipinski definition) is 5. The number of hydrogen-bond donors (Lipinski definition) is 1. The zero-order chi connectivity index (χ0) is 16.1. The molecule has 0 radical (unpaired) electrons. The Kier molecular flexibility index (Phi) is 7.62. The Labute approximate surface area is 151 Å². The topological polar surface area (TPSA) is 37.0 Å². The highest BCUT2D eigenvalue weighted by atomic mass is 35.5. The zero-order valence-electron chi connectivity index (χ0n) is 14.8. The smallest absolute Gasteiger partial charge is 0.161 e. The quantitative estimate of drug-likeness (QED) is 0.844. The van der Waals surface area contributed by atoms with Gasteiger partial charge in [-0.05, 0) is 31.0 Å². The predicted octanol–water partition coefficient (Wildman–Crippen LogP) is 2.00. The fourth-order valence-corrected chi connectivity index (χ4v) is 3.65. The van der Waals surface area contributed by atoms with E-state index in [2.05, 4.69) is 27.2 Å². The van der Waals surface area contributed by atoms with Crippen molar-refractivity contribution in [2.45, 2.75) is 25.9 Å². The van der Waals surface area contributed by atoms with Gasteiger partial charge in [0.25, 0.3) is 0 Å². The van der Waals surface area contributed by atoms with Gasteiger partial charge in [-0.3, -0.25) is 9.80 Å². The number of nitrogens with one attached hydrogen (secondary N) is 1. The monoisotopic (exact) mass is 355 g/mol. The maximum absolute atomic E-state index is 5.69. The molecule has 1 aromatic carbocycles. The van der Waals surface area contributed by atoms with E-state index in [9.17, 15) is 0 Å². The standard InChI is InChI=1S/C18H29N3O2.ClH/c1-3-23-18-12-15(4-5-17(18)22-2)13-20-9-6-16(14-20)21-10-7-19-8-11-21;/h4-5,12,16,19H,3,6-11,13-14H2,1-2H3;1H. The van der Waals surface area contributed by atoms with Crippen molar-refractivity contribution in [3.63, 3.8) is 0 Å². The Morgan fingerprint density at radius 3 is 2.67 bits per heavy atom. The van der Waals surface area contributed by atoms with Gasteiger partial charge in [0.15, 0.2) is 11.5 Å². The number of methoxy groups -OCH3 is 1. The van der Waals surface area contributed by atoms with E-state index >= 15 is 0 Å². The van der Waals surface area contributed by atoms with Gasteiger partial charge in [-0.25, -0.2) is 0 Å². The summed E-state index contributed by atoms with van der Waals surface area (Å²) in [6.45, 7) is 10.7. The molecule has 6 heteroatoms. The molecule has 0 spiro atoms. The normalized spacial score (nSPS) is 22.2. The van der Waals surface area contributed by atoms with E-state index in [1.807, 2.05) is 13.0 Å². The molecular formula is C18H30ClN3O2. The summed E-state index contributed by atoms with van der Waals surface area (Å²) in [5.74, 6) is 1.67. The van der Waals surface area contributed by atoms with Gasteiger partial charge in [0.1, 0.15) is 0 Å². The van der Waals surface area contributed by atoms with Gasteiger partial charge >= 0.3 is 0 Å². The van der Waals surface area contributed by atoms with Crippen molar-refractivity contribution in [2.24, 2.45) is 0 Å². The molecule has 5 nitrogen and oxygen atoms in total. The highest BCUT2D eigenvalue weighted by Gasteiger charge is 2.28. The minimum absolute atomic E-state index is 0. The molecule has 24 heavy (non-hydrogen) atoms. The minimum atomic E-state index is 0. The number of piperazine rings is 1. The fraction of sp³-hybridized carbons (Fsp3) is 0.667. The lowest BCUT2D eigenvalue weighted by atomic mass is 10.2. The molecule has 1 unspecified atom stereocenters.